The molecule has 3 nitrogen and oxygen atoms in total. The number of halogens is 1. The van der Waals surface area contributed by atoms with E-state index in [0.29, 0.717) is 17.2 Å². The zero-order chi connectivity index (χ0) is 14.5. The van der Waals surface area contributed by atoms with Crippen LogP contribution in [0.3, 0.4) is 0 Å². The summed E-state index contributed by atoms with van der Waals surface area (Å²) in [6.07, 6.45) is 0. The zero-order valence-electron chi connectivity index (χ0n) is 11.8. The standard InChI is InChI=1S/C16H17FO3/c1-11-7-14(18-2)16(15(8-11)19-3)20-10-12-5-4-6-13(17)9-12/h4-9H,10H2,1-3H3. The monoisotopic (exact) mass is 276 g/mol. The number of benzene rings is 2. The fraction of sp³-hybridized carbons (Fsp3) is 0.250. The smallest absolute Gasteiger partial charge is 0.203 e. The van der Waals surface area contributed by atoms with Crippen LogP contribution in [-0.4, -0.2) is 14.2 Å². The first kappa shape index (κ1) is 14.2. The van der Waals surface area contributed by atoms with E-state index in [2.05, 4.69) is 0 Å². The number of ether oxygens (including phenoxy) is 3. The molecule has 0 saturated carbocycles. The summed E-state index contributed by atoms with van der Waals surface area (Å²) in [6, 6.07) is 10.0. The number of hydrogen-bond donors (Lipinski definition) is 0. The third-order valence-corrected chi connectivity index (χ3v) is 2.88. The number of aryl methyl sites for hydroxylation is 1. The van der Waals surface area contributed by atoms with Gasteiger partial charge in [-0.15, -0.1) is 0 Å². The van der Waals surface area contributed by atoms with Crippen LogP contribution < -0.4 is 14.2 Å². The van der Waals surface area contributed by atoms with Gasteiger partial charge in [0.15, 0.2) is 11.5 Å². The van der Waals surface area contributed by atoms with E-state index in [1.54, 1.807) is 26.4 Å². The molecule has 2 aromatic carbocycles. The van der Waals surface area contributed by atoms with Crippen LogP contribution in [0.4, 0.5) is 4.39 Å². The lowest BCUT2D eigenvalue weighted by Gasteiger charge is -2.15. The number of hydrogen-bond acceptors (Lipinski definition) is 3. The molecule has 0 spiro atoms. The molecule has 0 fully saturated rings. The summed E-state index contributed by atoms with van der Waals surface area (Å²) in [5.41, 5.74) is 1.76. The molecule has 0 N–H and O–H groups in total. The molecule has 106 valence electrons. The minimum absolute atomic E-state index is 0.244. The van der Waals surface area contributed by atoms with Crippen molar-refractivity contribution in [2.75, 3.05) is 14.2 Å². The number of rotatable bonds is 5. The molecule has 20 heavy (non-hydrogen) atoms. The highest BCUT2D eigenvalue weighted by Gasteiger charge is 2.13. The van der Waals surface area contributed by atoms with Crippen LogP contribution in [0.2, 0.25) is 0 Å². The molecule has 0 aromatic heterocycles. The third-order valence-electron chi connectivity index (χ3n) is 2.88. The zero-order valence-corrected chi connectivity index (χ0v) is 11.8. The Bertz CT molecular complexity index is 571. The molecule has 0 saturated heterocycles. The normalized spacial score (nSPS) is 10.2. The molecule has 0 atom stereocenters. The van der Waals surface area contributed by atoms with Crippen molar-refractivity contribution in [2.45, 2.75) is 13.5 Å². The van der Waals surface area contributed by atoms with Gasteiger partial charge in [-0.2, -0.15) is 0 Å². The maximum absolute atomic E-state index is 13.1. The van der Waals surface area contributed by atoms with E-state index in [-0.39, 0.29) is 12.4 Å². The van der Waals surface area contributed by atoms with Crippen molar-refractivity contribution >= 4 is 0 Å². The van der Waals surface area contributed by atoms with Crippen molar-refractivity contribution in [1.29, 1.82) is 0 Å². The topological polar surface area (TPSA) is 27.7 Å². The van der Waals surface area contributed by atoms with Gasteiger partial charge < -0.3 is 14.2 Å². The van der Waals surface area contributed by atoms with E-state index < -0.39 is 0 Å². The van der Waals surface area contributed by atoms with Gasteiger partial charge in [0, 0.05) is 0 Å². The predicted molar refractivity (Wildman–Crippen MR) is 75.0 cm³/mol. The van der Waals surface area contributed by atoms with Gasteiger partial charge in [-0.1, -0.05) is 12.1 Å². The molecule has 0 aliphatic heterocycles. The summed E-state index contributed by atoms with van der Waals surface area (Å²) < 4.78 is 29.5. The van der Waals surface area contributed by atoms with Crippen molar-refractivity contribution < 1.29 is 18.6 Å². The van der Waals surface area contributed by atoms with Crippen LogP contribution >= 0.6 is 0 Å². The predicted octanol–water partition coefficient (Wildman–Crippen LogP) is 3.73. The average Bonchev–Trinajstić information content (AvgIpc) is 2.45. The molecule has 2 aromatic rings. The van der Waals surface area contributed by atoms with Crippen molar-refractivity contribution in [3.05, 3.63) is 53.3 Å². The van der Waals surface area contributed by atoms with Gasteiger partial charge in [-0.25, -0.2) is 4.39 Å². The summed E-state index contributed by atoms with van der Waals surface area (Å²) >= 11 is 0. The Kier molecular flexibility index (Phi) is 4.45. The first-order chi connectivity index (χ1) is 9.63. The SMILES string of the molecule is COc1cc(C)cc(OC)c1OCc1cccc(F)c1. The molecule has 0 aliphatic carbocycles. The Morgan fingerprint density at radius 2 is 1.65 bits per heavy atom. The Hall–Kier alpha value is -2.23. The van der Waals surface area contributed by atoms with E-state index in [4.69, 9.17) is 14.2 Å². The summed E-state index contributed by atoms with van der Waals surface area (Å²) in [7, 11) is 3.15. The van der Waals surface area contributed by atoms with Gasteiger partial charge in [0.2, 0.25) is 5.75 Å². The quantitative estimate of drug-likeness (QED) is 0.832. The summed E-state index contributed by atoms with van der Waals surface area (Å²) in [4.78, 5) is 0. The molecule has 0 bridgehead atoms. The van der Waals surface area contributed by atoms with Crippen LogP contribution in [0.25, 0.3) is 0 Å². The van der Waals surface area contributed by atoms with Crippen molar-refractivity contribution in [2.24, 2.45) is 0 Å². The van der Waals surface area contributed by atoms with Crippen LogP contribution in [0.1, 0.15) is 11.1 Å². The molecule has 0 unspecified atom stereocenters. The van der Waals surface area contributed by atoms with E-state index in [1.807, 2.05) is 19.1 Å². The van der Waals surface area contributed by atoms with Gasteiger partial charge in [0.05, 0.1) is 14.2 Å². The lowest BCUT2D eigenvalue weighted by atomic mass is 10.2. The summed E-state index contributed by atoms with van der Waals surface area (Å²) in [5, 5.41) is 0. The second-order valence-corrected chi connectivity index (χ2v) is 4.42. The molecular weight excluding hydrogens is 259 g/mol. The van der Waals surface area contributed by atoms with E-state index in [0.717, 1.165) is 11.1 Å². The van der Waals surface area contributed by atoms with Crippen LogP contribution in [0.15, 0.2) is 36.4 Å². The van der Waals surface area contributed by atoms with Crippen molar-refractivity contribution in [1.82, 2.24) is 0 Å². The van der Waals surface area contributed by atoms with E-state index in [1.165, 1.54) is 12.1 Å². The largest absolute Gasteiger partial charge is 0.493 e. The Labute approximate surface area is 117 Å². The fourth-order valence-electron chi connectivity index (χ4n) is 1.94. The molecule has 2 rings (SSSR count). The fourth-order valence-corrected chi connectivity index (χ4v) is 1.94. The van der Waals surface area contributed by atoms with Gasteiger partial charge in [0.1, 0.15) is 12.4 Å². The summed E-state index contributed by atoms with van der Waals surface area (Å²) in [5.74, 6) is 1.43. The molecular formula is C16H17FO3. The first-order valence-corrected chi connectivity index (χ1v) is 6.24. The lowest BCUT2D eigenvalue weighted by molar-refractivity contribution is 0.265. The second-order valence-electron chi connectivity index (χ2n) is 4.42. The highest BCUT2D eigenvalue weighted by Crippen LogP contribution is 2.38. The van der Waals surface area contributed by atoms with Crippen LogP contribution in [0, 0.1) is 12.7 Å². The third kappa shape index (κ3) is 3.20. The Balaban J connectivity index is 2.24. The Morgan fingerprint density at radius 3 is 2.20 bits per heavy atom. The van der Waals surface area contributed by atoms with E-state index in [9.17, 15) is 4.39 Å². The number of methoxy groups -OCH3 is 2. The molecule has 4 heteroatoms. The maximum Gasteiger partial charge on any atom is 0.203 e. The highest BCUT2D eigenvalue weighted by molar-refractivity contribution is 5.53. The van der Waals surface area contributed by atoms with Gasteiger partial charge in [-0.05, 0) is 42.3 Å². The minimum Gasteiger partial charge on any atom is -0.493 e. The van der Waals surface area contributed by atoms with Gasteiger partial charge in [-0.3, -0.25) is 0 Å². The Morgan fingerprint density at radius 1 is 1.00 bits per heavy atom. The lowest BCUT2D eigenvalue weighted by Crippen LogP contribution is -2.01. The van der Waals surface area contributed by atoms with Gasteiger partial charge in [0.25, 0.3) is 0 Å². The van der Waals surface area contributed by atoms with Crippen LogP contribution in [0.5, 0.6) is 17.2 Å². The molecule has 0 radical (unpaired) electrons. The maximum atomic E-state index is 13.1. The van der Waals surface area contributed by atoms with E-state index >= 15 is 0 Å². The van der Waals surface area contributed by atoms with Gasteiger partial charge >= 0.3 is 0 Å². The molecule has 0 heterocycles. The van der Waals surface area contributed by atoms with Crippen molar-refractivity contribution in [3.63, 3.8) is 0 Å². The molecule has 0 aliphatic rings. The highest BCUT2D eigenvalue weighted by atomic mass is 19.1. The summed E-state index contributed by atoms with van der Waals surface area (Å²) in [6.45, 7) is 2.19. The van der Waals surface area contributed by atoms with Crippen molar-refractivity contribution in [3.8, 4) is 17.2 Å². The first-order valence-electron chi connectivity index (χ1n) is 6.24. The molecule has 0 amide bonds. The average molecular weight is 276 g/mol. The van der Waals surface area contributed by atoms with Crippen LogP contribution in [-0.2, 0) is 6.61 Å². The minimum atomic E-state index is -0.283. The second kappa shape index (κ2) is 6.28.